The number of urea groups is 1. The van der Waals surface area contributed by atoms with Crippen molar-refractivity contribution in [3.05, 3.63) is 17.3 Å². The largest absolute Gasteiger partial charge is 0.444 e. The molecule has 1 aromatic heterocycles. The Kier molecular flexibility index (Phi) is 6.15. The maximum atomic E-state index is 12.4. The molecule has 1 aliphatic rings. The van der Waals surface area contributed by atoms with Crippen molar-refractivity contribution in [1.29, 1.82) is 0 Å². The summed E-state index contributed by atoms with van der Waals surface area (Å²) in [5.41, 5.74) is 0.287. The second kappa shape index (κ2) is 7.97. The zero-order valence-electron chi connectivity index (χ0n) is 16.6. The number of aryl methyl sites for hydroxylation is 2. The summed E-state index contributed by atoms with van der Waals surface area (Å²) >= 11 is 0. The number of carbonyl (C=O) groups is 2. The van der Waals surface area contributed by atoms with Crippen LogP contribution in [0.4, 0.5) is 9.59 Å². The van der Waals surface area contributed by atoms with Crippen molar-refractivity contribution in [3.8, 4) is 0 Å². The van der Waals surface area contributed by atoms with Gasteiger partial charge in [-0.2, -0.15) is 0 Å². The van der Waals surface area contributed by atoms with Crippen LogP contribution in [-0.4, -0.2) is 58.7 Å². The monoisotopic (exact) mass is 366 g/mol. The Bertz CT molecular complexity index is 631. The van der Waals surface area contributed by atoms with Crippen LogP contribution in [0, 0.1) is 13.8 Å². The van der Waals surface area contributed by atoms with Crippen molar-refractivity contribution in [1.82, 2.24) is 20.1 Å². The highest BCUT2D eigenvalue weighted by Gasteiger charge is 2.30. The minimum Gasteiger partial charge on any atom is -0.444 e. The average molecular weight is 366 g/mol. The molecular weight excluding hydrogens is 336 g/mol. The van der Waals surface area contributed by atoms with E-state index < -0.39 is 5.60 Å². The first-order valence-electron chi connectivity index (χ1n) is 8.98. The van der Waals surface area contributed by atoms with Gasteiger partial charge >= 0.3 is 12.1 Å². The Balaban J connectivity index is 1.88. The topological polar surface area (TPSA) is 87.9 Å². The quantitative estimate of drug-likeness (QED) is 0.889. The molecule has 1 atom stereocenters. The molecule has 26 heavy (non-hydrogen) atoms. The number of likely N-dealkylation sites (tertiary alicyclic amines) is 1. The van der Waals surface area contributed by atoms with E-state index in [0.29, 0.717) is 19.0 Å². The van der Waals surface area contributed by atoms with Crippen molar-refractivity contribution in [3.63, 3.8) is 0 Å². The van der Waals surface area contributed by atoms with E-state index in [1.54, 1.807) is 16.8 Å². The van der Waals surface area contributed by atoms with Gasteiger partial charge in [-0.25, -0.2) is 14.6 Å². The molecular formula is C18H30N4O4. The van der Waals surface area contributed by atoms with E-state index >= 15 is 0 Å². The van der Waals surface area contributed by atoms with Crippen molar-refractivity contribution >= 4 is 12.1 Å². The van der Waals surface area contributed by atoms with Gasteiger partial charge in [-0.3, -0.25) is 0 Å². The number of hydrogen-bond acceptors (Lipinski definition) is 5. The lowest BCUT2D eigenvalue weighted by atomic mass is 10.1. The number of ether oxygens (including phenoxy) is 1. The van der Waals surface area contributed by atoms with Gasteiger partial charge in [-0.15, -0.1) is 0 Å². The summed E-state index contributed by atoms with van der Waals surface area (Å²) in [4.78, 5) is 32.3. The summed E-state index contributed by atoms with van der Waals surface area (Å²) in [6, 6.07) is -0.239. The highest BCUT2D eigenvalue weighted by Crippen LogP contribution is 2.18. The molecule has 0 aromatic carbocycles. The Labute approximate surface area is 154 Å². The number of hydrogen-bond donors (Lipinski definition) is 1. The summed E-state index contributed by atoms with van der Waals surface area (Å²) < 4.78 is 10.9. The first-order chi connectivity index (χ1) is 12.1. The molecule has 8 heteroatoms. The fraction of sp³-hybridized carbons (Fsp3) is 0.722. The molecule has 0 saturated carbocycles. The summed E-state index contributed by atoms with van der Waals surface area (Å²) in [6.07, 6.45) is 1.32. The molecule has 0 spiro atoms. The molecule has 1 aliphatic heterocycles. The van der Waals surface area contributed by atoms with Crippen molar-refractivity contribution in [2.75, 3.05) is 20.1 Å². The molecule has 1 N–H and O–H groups in total. The second-order valence-electron chi connectivity index (χ2n) is 7.74. The van der Waals surface area contributed by atoms with E-state index in [1.807, 2.05) is 34.6 Å². The predicted octanol–water partition coefficient (Wildman–Crippen LogP) is 2.83. The van der Waals surface area contributed by atoms with Crippen LogP contribution in [0.3, 0.4) is 0 Å². The number of carbonyl (C=O) groups excluding carboxylic acids is 2. The number of oxazole rings is 1. The van der Waals surface area contributed by atoms with Gasteiger partial charge in [0.2, 0.25) is 5.89 Å². The summed E-state index contributed by atoms with van der Waals surface area (Å²) in [6.45, 7) is 10.6. The Hall–Kier alpha value is -2.25. The highest BCUT2D eigenvalue weighted by molar-refractivity contribution is 5.74. The van der Waals surface area contributed by atoms with E-state index in [-0.39, 0.29) is 24.7 Å². The van der Waals surface area contributed by atoms with Crippen LogP contribution in [0.5, 0.6) is 0 Å². The predicted molar refractivity (Wildman–Crippen MR) is 96.8 cm³/mol. The summed E-state index contributed by atoms with van der Waals surface area (Å²) in [7, 11) is 1.72. The SMILES string of the molecule is Cc1nc(CNC(=O)N2CCC[C@@H](N(C)C(=O)OC(C)(C)C)C2)oc1C. The molecule has 1 aromatic rings. The summed E-state index contributed by atoms with van der Waals surface area (Å²) in [5, 5.41) is 2.83. The van der Waals surface area contributed by atoms with E-state index in [4.69, 9.17) is 9.15 Å². The number of piperidine rings is 1. The van der Waals surface area contributed by atoms with Crippen LogP contribution < -0.4 is 5.32 Å². The molecule has 0 bridgehead atoms. The third-order valence-electron chi connectivity index (χ3n) is 4.38. The van der Waals surface area contributed by atoms with Crippen LogP contribution in [0.15, 0.2) is 4.42 Å². The zero-order chi connectivity index (χ0) is 19.5. The molecule has 3 amide bonds. The van der Waals surface area contributed by atoms with Gasteiger partial charge in [0.1, 0.15) is 11.4 Å². The molecule has 0 unspecified atom stereocenters. The molecule has 1 saturated heterocycles. The lowest BCUT2D eigenvalue weighted by molar-refractivity contribution is 0.0155. The fourth-order valence-electron chi connectivity index (χ4n) is 2.82. The minimum absolute atomic E-state index is 0.0597. The third kappa shape index (κ3) is 5.37. The van der Waals surface area contributed by atoms with E-state index in [9.17, 15) is 9.59 Å². The second-order valence-corrected chi connectivity index (χ2v) is 7.74. The number of rotatable bonds is 3. The number of nitrogens with zero attached hydrogens (tertiary/aromatic N) is 3. The Morgan fingerprint density at radius 3 is 2.65 bits per heavy atom. The van der Waals surface area contributed by atoms with Crippen LogP contribution in [0.25, 0.3) is 0 Å². The fourth-order valence-corrected chi connectivity index (χ4v) is 2.82. The van der Waals surface area contributed by atoms with Crippen LogP contribution in [0.1, 0.15) is 51.0 Å². The van der Waals surface area contributed by atoms with E-state index in [2.05, 4.69) is 10.3 Å². The van der Waals surface area contributed by atoms with Crippen LogP contribution >= 0.6 is 0 Å². The van der Waals surface area contributed by atoms with Crippen molar-refractivity contribution in [2.45, 2.75) is 65.6 Å². The van der Waals surface area contributed by atoms with Gasteiger partial charge in [0.05, 0.1) is 18.3 Å². The van der Waals surface area contributed by atoms with Gasteiger partial charge in [0.25, 0.3) is 0 Å². The lowest BCUT2D eigenvalue weighted by Crippen LogP contribution is -2.53. The molecule has 0 radical (unpaired) electrons. The van der Waals surface area contributed by atoms with E-state index in [1.165, 1.54) is 0 Å². The Morgan fingerprint density at radius 1 is 1.38 bits per heavy atom. The number of aromatic nitrogens is 1. The standard InChI is InChI=1S/C18H30N4O4/c1-12-13(2)25-15(20-12)10-19-16(23)22-9-7-8-14(11-22)21(6)17(24)26-18(3,4)5/h14H,7-11H2,1-6H3,(H,19,23)/t14-/m1/s1. The number of likely N-dealkylation sites (N-methyl/N-ethyl adjacent to an activating group) is 1. The lowest BCUT2D eigenvalue weighted by Gasteiger charge is -2.37. The molecule has 2 rings (SSSR count). The number of nitrogens with one attached hydrogen (secondary N) is 1. The van der Waals surface area contributed by atoms with Crippen LogP contribution in [0.2, 0.25) is 0 Å². The number of amides is 3. The zero-order valence-corrected chi connectivity index (χ0v) is 16.6. The van der Waals surface area contributed by atoms with Gasteiger partial charge in [-0.05, 0) is 47.5 Å². The normalized spacial score (nSPS) is 17.8. The maximum absolute atomic E-state index is 12.4. The van der Waals surface area contributed by atoms with Crippen LogP contribution in [-0.2, 0) is 11.3 Å². The minimum atomic E-state index is -0.538. The average Bonchev–Trinajstić information content (AvgIpc) is 2.88. The first kappa shape index (κ1) is 20.1. The molecule has 2 heterocycles. The maximum Gasteiger partial charge on any atom is 0.410 e. The molecule has 146 valence electrons. The molecule has 8 nitrogen and oxygen atoms in total. The van der Waals surface area contributed by atoms with Gasteiger partial charge in [0.15, 0.2) is 0 Å². The molecule has 0 aliphatic carbocycles. The highest BCUT2D eigenvalue weighted by atomic mass is 16.6. The van der Waals surface area contributed by atoms with Gasteiger partial charge < -0.3 is 24.3 Å². The van der Waals surface area contributed by atoms with Gasteiger partial charge in [-0.1, -0.05) is 0 Å². The Morgan fingerprint density at radius 2 is 2.08 bits per heavy atom. The van der Waals surface area contributed by atoms with E-state index in [0.717, 1.165) is 24.3 Å². The molecule has 1 fully saturated rings. The van der Waals surface area contributed by atoms with Crippen molar-refractivity contribution in [2.24, 2.45) is 0 Å². The summed E-state index contributed by atoms with van der Waals surface area (Å²) in [5.74, 6) is 1.25. The first-order valence-corrected chi connectivity index (χ1v) is 8.98. The van der Waals surface area contributed by atoms with Gasteiger partial charge in [0, 0.05) is 20.1 Å². The van der Waals surface area contributed by atoms with Crippen molar-refractivity contribution < 1.29 is 18.7 Å². The smallest absolute Gasteiger partial charge is 0.410 e. The third-order valence-corrected chi connectivity index (χ3v) is 4.38.